The highest BCUT2D eigenvalue weighted by molar-refractivity contribution is 9.10. The van der Waals surface area contributed by atoms with E-state index in [-0.39, 0.29) is 0 Å². The highest BCUT2D eigenvalue weighted by Crippen LogP contribution is 2.27. The zero-order chi connectivity index (χ0) is 12.3. The van der Waals surface area contributed by atoms with Gasteiger partial charge in [-0.25, -0.2) is 4.98 Å². The monoisotopic (exact) mass is 313 g/mol. The molecule has 0 atom stereocenters. The number of anilines is 1. The largest absolute Gasteiger partial charge is 0.360 e. The van der Waals surface area contributed by atoms with Crippen molar-refractivity contribution in [3.63, 3.8) is 0 Å². The van der Waals surface area contributed by atoms with Crippen LogP contribution < -0.4 is 5.32 Å². The Hall–Kier alpha value is -0.650. The fraction of sp³-hybridized carbons (Fsp3) is 0.417. The standard InChI is InChI=1S/C12H16BrN3S/c1-3-16(2)7-6-14-12-15-10-8-9(13)4-5-11(10)17-12/h4-5,8H,3,6-7H2,1-2H3,(H,14,15). The van der Waals surface area contributed by atoms with Crippen molar-refractivity contribution in [2.75, 3.05) is 32.0 Å². The maximum atomic E-state index is 4.56. The second-order valence-electron chi connectivity index (χ2n) is 3.95. The molecular weight excluding hydrogens is 298 g/mol. The number of rotatable bonds is 5. The Balaban J connectivity index is 1.99. The first-order valence-electron chi connectivity index (χ1n) is 5.67. The number of nitrogens with one attached hydrogen (secondary N) is 1. The van der Waals surface area contributed by atoms with Gasteiger partial charge in [0.05, 0.1) is 10.2 Å². The summed E-state index contributed by atoms with van der Waals surface area (Å²) < 4.78 is 2.30. The van der Waals surface area contributed by atoms with E-state index in [2.05, 4.69) is 63.3 Å². The van der Waals surface area contributed by atoms with E-state index in [1.54, 1.807) is 11.3 Å². The van der Waals surface area contributed by atoms with E-state index in [4.69, 9.17) is 0 Å². The third-order valence-corrected chi connectivity index (χ3v) is 4.15. The van der Waals surface area contributed by atoms with Crippen molar-refractivity contribution < 1.29 is 0 Å². The Kier molecular flexibility index (Phi) is 4.36. The van der Waals surface area contributed by atoms with Crippen LogP contribution in [0.2, 0.25) is 0 Å². The Morgan fingerprint density at radius 3 is 3.06 bits per heavy atom. The van der Waals surface area contributed by atoms with Gasteiger partial charge in [0, 0.05) is 17.6 Å². The molecule has 0 amide bonds. The van der Waals surface area contributed by atoms with Gasteiger partial charge >= 0.3 is 0 Å². The normalized spacial score (nSPS) is 11.3. The van der Waals surface area contributed by atoms with E-state index in [0.717, 1.165) is 34.8 Å². The quantitative estimate of drug-likeness (QED) is 0.916. The number of nitrogens with zero attached hydrogens (tertiary/aromatic N) is 2. The van der Waals surface area contributed by atoms with Crippen LogP contribution in [0.4, 0.5) is 5.13 Å². The predicted octanol–water partition coefficient (Wildman–Crippen LogP) is 3.42. The second-order valence-corrected chi connectivity index (χ2v) is 5.90. The van der Waals surface area contributed by atoms with Crippen LogP contribution in [0.1, 0.15) is 6.92 Å². The van der Waals surface area contributed by atoms with Crippen LogP contribution in [-0.4, -0.2) is 36.6 Å². The van der Waals surface area contributed by atoms with Gasteiger partial charge < -0.3 is 10.2 Å². The molecule has 1 aromatic heterocycles. The maximum Gasteiger partial charge on any atom is 0.183 e. The molecule has 0 fully saturated rings. The summed E-state index contributed by atoms with van der Waals surface area (Å²) in [7, 11) is 2.12. The lowest BCUT2D eigenvalue weighted by Crippen LogP contribution is -2.24. The molecular formula is C12H16BrN3S. The van der Waals surface area contributed by atoms with Crippen LogP contribution in [0.3, 0.4) is 0 Å². The molecule has 0 unspecified atom stereocenters. The molecule has 0 radical (unpaired) electrons. The number of aromatic nitrogens is 1. The van der Waals surface area contributed by atoms with Crippen molar-refractivity contribution in [3.05, 3.63) is 22.7 Å². The second kappa shape index (κ2) is 5.80. The zero-order valence-corrected chi connectivity index (χ0v) is 12.4. The first kappa shape index (κ1) is 12.8. The number of halogens is 1. The van der Waals surface area contributed by atoms with Crippen molar-refractivity contribution >= 4 is 42.6 Å². The van der Waals surface area contributed by atoms with E-state index >= 15 is 0 Å². The molecule has 0 spiro atoms. The molecule has 5 heteroatoms. The van der Waals surface area contributed by atoms with E-state index in [0.29, 0.717) is 0 Å². The molecule has 1 aromatic carbocycles. The van der Waals surface area contributed by atoms with E-state index in [9.17, 15) is 0 Å². The molecule has 0 saturated carbocycles. The van der Waals surface area contributed by atoms with Crippen molar-refractivity contribution in [1.29, 1.82) is 0 Å². The average Bonchev–Trinajstić information content (AvgIpc) is 2.70. The molecule has 0 saturated heterocycles. The molecule has 2 rings (SSSR count). The van der Waals surface area contributed by atoms with Crippen LogP contribution in [0.5, 0.6) is 0 Å². The third-order valence-electron chi connectivity index (χ3n) is 2.66. The molecule has 1 heterocycles. The van der Waals surface area contributed by atoms with Gasteiger partial charge in [-0.3, -0.25) is 0 Å². The Labute approximate surface area is 114 Å². The minimum Gasteiger partial charge on any atom is -0.360 e. The maximum absolute atomic E-state index is 4.56. The smallest absolute Gasteiger partial charge is 0.183 e. The van der Waals surface area contributed by atoms with Gasteiger partial charge in [-0.1, -0.05) is 34.2 Å². The zero-order valence-electron chi connectivity index (χ0n) is 10.0. The molecule has 0 bridgehead atoms. The number of hydrogen-bond donors (Lipinski definition) is 1. The predicted molar refractivity (Wildman–Crippen MR) is 79.0 cm³/mol. The lowest BCUT2D eigenvalue weighted by Gasteiger charge is -2.13. The average molecular weight is 314 g/mol. The van der Waals surface area contributed by atoms with Crippen LogP contribution >= 0.6 is 27.3 Å². The van der Waals surface area contributed by atoms with Crippen LogP contribution in [0.25, 0.3) is 10.2 Å². The van der Waals surface area contributed by atoms with E-state index in [1.807, 2.05) is 0 Å². The Morgan fingerprint density at radius 2 is 2.29 bits per heavy atom. The summed E-state index contributed by atoms with van der Waals surface area (Å²) in [5.74, 6) is 0. The summed E-state index contributed by atoms with van der Waals surface area (Å²) in [5, 5.41) is 4.37. The van der Waals surface area contributed by atoms with Crippen LogP contribution in [0, 0.1) is 0 Å². The topological polar surface area (TPSA) is 28.2 Å². The van der Waals surface area contributed by atoms with Gasteiger partial charge in [-0.2, -0.15) is 0 Å². The summed E-state index contributed by atoms with van der Waals surface area (Å²) >= 11 is 5.16. The molecule has 0 aliphatic heterocycles. The molecule has 1 N–H and O–H groups in total. The molecule has 3 nitrogen and oxygen atoms in total. The minimum atomic E-state index is 0.936. The fourth-order valence-corrected chi connectivity index (χ4v) is 2.71. The summed E-state index contributed by atoms with van der Waals surface area (Å²) in [6.07, 6.45) is 0. The van der Waals surface area contributed by atoms with Crippen LogP contribution in [0.15, 0.2) is 22.7 Å². The van der Waals surface area contributed by atoms with Crippen molar-refractivity contribution in [3.8, 4) is 0 Å². The lowest BCUT2D eigenvalue weighted by atomic mass is 10.3. The first-order valence-corrected chi connectivity index (χ1v) is 7.28. The highest BCUT2D eigenvalue weighted by atomic mass is 79.9. The van der Waals surface area contributed by atoms with Gasteiger partial charge in [0.2, 0.25) is 0 Å². The van der Waals surface area contributed by atoms with Gasteiger partial charge in [0.25, 0.3) is 0 Å². The van der Waals surface area contributed by atoms with Gasteiger partial charge in [-0.15, -0.1) is 0 Å². The first-order chi connectivity index (χ1) is 8.19. The highest BCUT2D eigenvalue weighted by Gasteiger charge is 2.03. The summed E-state index contributed by atoms with van der Waals surface area (Å²) in [5.41, 5.74) is 1.05. The number of fused-ring (bicyclic) bond motifs is 1. The molecule has 0 aliphatic carbocycles. The number of thiazole rings is 1. The van der Waals surface area contributed by atoms with Crippen molar-refractivity contribution in [1.82, 2.24) is 9.88 Å². The summed E-state index contributed by atoms with van der Waals surface area (Å²) in [4.78, 5) is 6.83. The molecule has 2 aromatic rings. The number of benzene rings is 1. The Morgan fingerprint density at radius 1 is 1.47 bits per heavy atom. The lowest BCUT2D eigenvalue weighted by molar-refractivity contribution is 0.367. The summed E-state index contributed by atoms with van der Waals surface area (Å²) in [6.45, 7) is 5.21. The SMILES string of the molecule is CCN(C)CCNc1nc2cc(Br)ccc2s1. The van der Waals surface area contributed by atoms with E-state index < -0.39 is 0 Å². The molecule has 0 aliphatic rings. The number of hydrogen-bond acceptors (Lipinski definition) is 4. The van der Waals surface area contributed by atoms with Gasteiger partial charge in [-0.05, 0) is 31.8 Å². The van der Waals surface area contributed by atoms with Crippen LogP contribution in [-0.2, 0) is 0 Å². The minimum absolute atomic E-state index is 0.936. The third kappa shape index (κ3) is 3.40. The molecule has 17 heavy (non-hydrogen) atoms. The summed E-state index contributed by atoms with van der Waals surface area (Å²) in [6, 6.07) is 6.20. The fourth-order valence-electron chi connectivity index (χ4n) is 1.49. The van der Waals surface area contributed by atoms with Crippen molar-refractivity contribution in [2.45, 2.75) is 6.92 Å². The number of likely N-dealkylation sites (N-methyl/N-ethyl adjacent to an activating group) is 1. The Bertz CT molecular complexity index is 497. The molecule has 92 valence electrons. The van der Waals surface area contributed by atoms with Gasteiger partial charge in [0.1, 0.15) is 0 Å². The van der Waals surface area contributed by atoms with Gasteiger partial charge in [0.15, 0.2) is 5.13 Å². The van der Waals surface area contributed by atoms with E-state index in [1.165, 1.54) is 4.70 Å². The van der Waals surface area contributed by atoms with Crippen molar-refractivity contribution in [2.24, 2.45) is 0 Å².